The van der Waals surface area contributed by atoms with Crippen molar-refractivity contribution in [2.75, 3.05) is 4.90 Å². The monoisotopic (exact) mass is 779 g/mol. The first kappa shape index (κ1) is 35.3. The zero-order valence-electron chi connectivity index (χ0n) is 34.1. The van der Waals surface area contributed by atoms with Crippen LogP contribution in [-0.2, 0) is 5.41 Å². The molecule has 12 rings (SSSR count). The Hall–Kier alpha value is -7.68. The summed E-state index contributed by atoms with van der Waals surface area (Å²) in [6.07, 6.45) is 0. The van der Waals surface area contributed by atoms with Gasteiger partial charge in [0.2, 0.25) is 0 Å². The van der Waals surface area contributed by atoms with Crippen molar-refractivity contribution in [3.63, 3.8) is 0 Å². The fourth-order valence-corrected chi connectivity index (χ4v) is 10.1. The predicted molar refractivity (Wildman–Crippen MR) is 257 cm³/mol. The molecule has 0 N–H and O–H groups in total. The topological polar surface area (TPSA) is 16.4 Å². The predicted octanol–water partition coefficient (Wildman–Crippen LogP) is 16.7. The number of hydrogen-bond acceptors (Lipinski definition) is 2. The SMILES string of the molecule is CC1(C)c2ccccc2-c2ccc(N(c3ccc(-c4ccccc4)cc3)c3c(-c4ccc(-c5ccccc5)cc4)ccc4oc5c6ccccc6c6ccccc6c5c34)cc21. The summed E-state index contributed by atoms with van der Waals surface area (Å²) in [5, 5.41) is 6.92. The van der Waals surface area contributed by atoms with Gasteiger partial charge in [0.05, 0.1) is 11.1 Å². The average Bonchev–Trinajstić information content (AvgIpc) is 3.83. The summed E-state index contributed by atoms with van der Waals surface area (Å²) < 4.78 is 7.10. The number of furan rings is 1. The van der Waals surface area contributed by atoms with Crippen LogP contribution >= 0.6 is 0 Å². The van der Waals surface area contributed by atoms with Crippen LogP contribution in [-0.4, -0.2) is 0 Å². The number of fused-ring (bicyclic) bond motifs is 11. The molecule has 1 aromatic heterocycles. The number of nitrogens with zero attached hydrogens (tertiary/aromatic N) is 1. The summed E-state index contributed by atoms with van der Waals surface area (Å²) in [6, 6.07) is 77.3. The first-order valence-electron chi connectivity index (χ1n) is 21.2. The Morgan fingerprint density at radius 2 is 0.852 bits per heavy atom. The summed E-state index contributed by atoms with van der Waals surface area (Å²) in [6.45, 7) is 4.73. The van der Waals surface area contributed by atoms with Crippen molar-refractivity contribution in [2.45, 2.75) is 19.3 Å². The third kappa shape index (κ3) is 5.49. The Balaban J connectivity index is 1.19. The van der Waals surface area contributed by atoms with Crippen LogP contribution in [0.2, 0.25) is 0 Å². The average molecular weight is 780 g/mol. The molecule has 0 amide bonds. The van der Waals surface area contributed by atoms with E-state index in [1.165, 1.54) is 60.7 Å². The van der Waals surface area contributed by atoms with Crippen molar-refractivity contribution in [3.8, 4) is 44.5 Å². The van der Waals surface area contributed by atoms with Gasteiger partial charge in [-0.05, 0) is 103 Å². The van der Waals surface area contributed by atoms with Gasteiger partial charge in [-0.25, -0.2) is 0 Å². The third-order valence-corrected chi connectivity index (χ3v) is 13.1. The summed E-state index contributed by atoms with van der Waals surface area (Å²) in [4.78, 5) is 2.50. The maximum absolute atomic E-state index is 7.10. The van der Waals surface area contributed by atoms with Crippen LogP contribution in [0.5, 0.6) is 0 Å². The van der Waals surface area contributed by atoms with Gasteiger partial charge in [0.25, 0.3) is 0 Å². The van der Waals surface area contributed by atoms with E-state index in [4.69, 9.17) is 4.42 Å². The highest BCUT2D eigenvalue weighted by molar-refractivity contribution is 6.33. The van der Waals surface area contributed by atoms with E-state index in [2.05, 4.69) is 231 Å². The van der Waals surface area contributed by atoms with Crippen molar-refractivity contribution >= 4 is 60.5 Å². The van der Waals surface area contributed by atoms with Crippen molar-refractivity contribution in [2.24, 2.45) is 0 Å². The van der Waals surface area contributed by atoms with E-state index in [1.54, 1.807) is 0 Å². The molecule has 288 valence electrons. The molecule has 0 fully saturated rings. The van der Waals surface area contributed by atoms with E-state index in [0.717, 1.165) is 55.5 Å². The lowest BCUT2D eigenvalue weighted by molar-refractivity contribution is 0.660. The lowest BCUT2D eigenvalue weighted by atomic mass is 9.82. The van der Waals surface area contributed by atoms with Crippen LogP contribution in [0.1, 0.15) is 25.0 Å². The minimum Gasteiger partial charge on any atom is -0.455 e. The Morgan fingerprint density at radius 1 is 0.361 bits per heavy atom. The van der Waals surface area contributed by atoms with Gasteiger partial charge in [-0.15, -0.1) is 0 Å². The minimum absolute atomic E-state index is 0.176. The van der Waals surface area contributed by atoms with Gasteiger partial charge < -0.3 is 9.32 Å². The van der Waals surface area contributed by atoms with E-state index in [9.17, 15) is 0 Å². The fourth-order valence-electron chi connectivity index (χ4n) is 10.1. The normalized spacial score (nSPS) is 12.9. The van der Waals surface area contributed by atoms with E-state index in [-0.39, 0.29) is 5.41 Å². The number of benzene rings is 10. The highest BCUT2D eigenvalue weighted by atomic mass is 16.3. The molecule has 11 aromatic rings. The van der Waals surface area contributed by atoms with Gasteiger partial charge in [0, 0.05) is 33.1 Å². The standard InChI is InChI=1S/C59H41NO/c1-59(2)52-24-14-13-21-48(52)49-34-33-44(37-53(49)59)60(43-31-29-41(30-32-43)39-17-7-4-8-18-39)57-45(42-27-25-40(26-28-42)38-15-5-3-6-16-38)35-36-54-56(57)55-50-22-11-9-19-46(50)47-20-10-12-23-51(47)58(55)61-54/h3-37H,1-2H3. The van der Waals surface area contributed by atoms with Crippen LogP contribution in [0.25, 0.3) is 88.0 Å². The molecule has 0 saturated heterocycles. The molecule has 1 aliphatic rings. The molecule has 2 heteroatoms. The quantitative estimate of drug-likeness (QED) is 0.156. The zero-order chi connectivity index (χ0) is 40.7. The number of hydrogen-bond donors (Lipinski definition) is 0. The molecule has 61 heavy (non-hydrogen) atoms. The second kappa shape index (κ2) is 13.7. The molecule has 0 radical (unpaired) electrons. The summed E-state index contributed by atoms with van der Waals surface area (Å²) in [5.74, 6) is 0. The Bertz CT molecular complexity index is 3470. The Labute approximate surface area is 355 Å². The van der Waals surface area contributed by atoms with Crippen LogP contribution in [0, 0.1) is 0 Å². The smallest absolute Gasteiger partial charge is 0.143 e. The summed E-state index contributed by atoms with van der Waals surface area (Å²) >= 11 is 0. The van der Waals surface area contributed by atoms with Crippen LogP contribution in [0.3, 0.4) is 0 Å². The minimum atomic E-state index is -0.176. The lowest BCUT2D eigenvalue weighted by Crippen LogP contribution is -2.17. The van der Waals surface area contributed by atoms with Crippen molar-refractivity contribution < 1.29 is 4.42 Å². The molecule has 0 saturated carbocycles. The number of anilines is 3. The second-order valence-corrected chi connectivity index (χ2v) is 16.8. The molecule has 2 nitrogen and oxygen atoms in total. The highest BCUT2D eigenvalue weighted by Gasteiger charge is 2.36. The summed E-state index contributed by atoms with van der Waals surface area (Å²) in [7, 11) is 0. The first-order valence-corrected chi connectivity index (χ1v) is 21.2. The molecule has 10 aromatic carbocycles. The maximum atomic E-state index is 7.10. The maximum Gasteiger partial charge on any atom is 0.143 e. The van der Waals surface area contributed by atoms with Gasteiger partial charge >= 0.3 is 0 Å². The van der Waals surface area contributed by atoms with Crippen molar-refractivity contribution in [3.05, 3.63) is 223 Å². The third-order valence-electron chi connectivity index (χ3n) is 13.1. The van der Waals surface area contributed by atoms with Crippen LogP contribution in [0.4, 0.5) is 17.1 Å². The largest absolute Gasteiger partial charge is 0.455 e. The lowest BCUT2D eigenvalue weighted by Gasteiger charge is -2.30. The van der Waals surface area contributed by atoms with E-state index in [0.29, 0.717) is 0 Å². The van der Waals surface area contributed by atoms with Crippen LogP contribution in [0.15, 0.2) is 217 Å². The number of rotatable bonds is 6. The highest BCUT2D eigenvalue weighted by Crippen LogP contribution is 2.54. The summed E-state index contributed by atoms with van der Waals surface area (Å²) in [5.41, 5.74) is 17.2. The molecule has 0 atom stereocenters. The van der Waals surface area contributed by atoms with Gasteiger partial charge in [-0.1, -0.05) is 190 Å². The molecular formula is C59H41NO. The molecular weight excluding hydrogens is 739 g/mol. The molecule has 0 bridgehead atoms. The Kier molecular flexibility index (Phi) is 7.92. The van der Waals surface area contributed by atoms with E-state index >= 15 is 0 Å². The molecule has 0 aliphatic heterocycles. The van der Waals surface area contributed by atoms with Gasteiger partial charge in [0.15, 0.2) is 0 Å². The van der Waals surface area contributed by atoms with Crippen molar-refractivity contribution in [1.29, 1.82) is 0 Å². The van der Waals surface area contributed by atoms with Gasteiger partial charge in [0.1, 0.15) is 11.2 Å². The van der Waals surface area contributed by atoms with E-state index in [1.807, 2.05) is 0 Å². The van der Waals surface area contributed by atoms with Gasteiger partial charge in [-0.2, -0.15) is 0 Å². The fraction of sp³-hybridized carbons (Fsp3) is 0.0508. The van der Waals surface area contributed by atoms with Crippen molar-refractivity contribution in [1.82, 2.24) is 0 Å². The zero-order valence-corrected chi connectivity index (χ0v) is 34.1. The molecule has 1 heterocycles. The molecule has 0 unspecified atom stereocenters. The van der Waals surface area contributed by atoms with Crippen LogP contribution < -0.4 is 4.90 Å². The first-order chi connectivity index (χ1) is 30.0. The molecule has 1 aliphatic carbocycles. The van der Waals surface area contributed by atoms with Gasteiger partial charge in [-0.3, -0.25) is 0 Å². The molecule has 0 spiro atoms. The Morgan fingerprint density at radius 3 is 1.54 bits per heavy atom. The van der Waals surface area contributed by atoms with E-state index < -0.39 is 0 Å². The second-order valence-electron chi connectivity index (χ2n) is 16.8.